The van der Waals surface area contributed by atoms with E-state index in [9.17, 15) is 0 Å². The van der Waals surface area contributed by atoms with Gasteiger partial charge in [-0.2, -0.15) is 4.98 Å². The van der Waals surface area contributed by atoms with Gasteiger partial charge >= 0.3 is 0 Å². The Morgan fingerprint density at radius 2 is 2.28 bits per heavy atom. The lowest BCUT2D eigenvalue weighted by Crippen LogP contribution is -1.96. The van der Waals surface area contributed by atoms with Gasteiger partial charge in [0.05, 0.1) is 11.6 Å². The zero-order valence-corrected chi connectivity index (χ0v) is 10.3. The summed E-state index contributed by atoms with van der Waals surface area (Å²) in [5.41, 5.74) is 6.92. The second-order valence-corrected chi connectivity index (χ2v) is 4.22. The Labute approximate surface area is 108 Å². The molecule has 1 aliphatic rings. The second-order valence-electron chi connectivity index (χ2n) is 3.81. The molecule has 0 aliphatic carbocycles. The first kappa shape index (κ1) is 11.3. The maximum absolute atomic E-state index is 6.21. The van der Waals surface area contributed by atoms with Crippen LogP contribution in [-0.2, 0) is 6.54 Å². The Morgan fingerprint density at radius 1 is 1.44 bits per heavy atom. The smallest absolute Gasteiger partial charge is 0.240 e. The Morgan fingerprint density at radius 3 is 3.00 bits per heavy atom. The zero-order chi connectivity index (χ0) is 12.7. The summed E-state index contributed by atoms with van der Waals surface area (Å²) in [5.74, 6) is 2.05. The Kier molecular flexibility index (Phi) is 2.61. The van der Waals surface area contributed by atoms with Crippen LogP contribution in [0.4, 0.5) is 0 Å². The van der Waals surface area contributed by atoms with Gasteiger partial charge in [-0.15, -0.1) is 0 Å². The molecule has 6 nitrogen and oxygen atoms in total. The number of halogens is 1. The summed E-state index contributed by atoms with van der Waals surface area (Å²) in [6.45, 7) is 2.25. The van der Waals surface area contributed by atoms with Crippen molar-refractivity contribution in [1.82, 2.24) is 10.1 Å². The van der Waals surface area contributed by atoms with E-state index in [0.29, 0.717) is 33.8 Å². The molecular formula is C11H10ClN3O3. The molecule has 3 rings (SSSR count). The summed E-state index contributed by atoms with van der Waals surface area (Å²) >= 11 is 6.21. The highest BCUT2D eigenvalue weighted by atomic mass is 35.5. The lowest BCUT2D eigenvalue weighted by Gasteiger charge is -2.07. The number of rotatable bonds is 2. The fourth-order valence-corrected chi connectivity index (χ4v) is 2.21. The molecule has 1 aliphatic heterocycles. The summed E-state index contributed by atoms with van der Waals surface area (Å²) in [7, 11) is 0. The molecule has 0 spiro atoms. The maximum Gasteiger partial charge on any atom is 0.240 e. The van der Waals surface area contributed by atoms with Crippen LogP contribution in [0.2, 0.25) is 5.02 Å². The molecule has 0 atom stereocenters. The van der Waals surface area contributed by atoms with Crippen LogP contribution in [0.25, 0.3) is 11.4 Å². The highest BCUT2D eigenvalue weighted by molar-refractivity contribution is 6.33. The van der Waals surface area contributed by atoms with E-state index < -0.39 is 0 Å². The van der Waals surface area contributed by atoms with Crippen LogP contribution in [0.3, 0.4) is 0 Å². The minimum atomic E-state index is 0.189. The number of hydrogen-bond acceptors (Lipinski definition) is 6. The number of ether oxygens (including phenoxy) is 2. The largest absolute Gasteiger partial charge is 0.454 e. The molecule has 18 heavy (non-hydrogen) atoms. The molecule has 1 aromatic carbocycles. The van der Waals surface area contributed by atoms with Gasteiger partial charge in [0.1, 0.15) is 0 Å². The maximum atomic E-state index is 6.21. The van der Waals surface area contributed by atoms with Crippen LogP contribution < -0.4 is 15.2 Å². The van der Waals surface area contributed by atoms with Crippen molar-refractivity contribution in [1.29, 1.82) is 0 Å². The average molecular weight is 268 g/mol. The quantitative estimate of drug-likeness (QED) is 0.894. The van der Waals surface area contributed by atoms with E-state index in [4.69, 9.17) is 31.3 Å². The summed E-state index contributed by atoms with van der Waals surface area (Å²) < 4.78 is 15.7. The molecule has 0 amide bonds. The molecule has 0 saturated carbocycles. The van der Waals surface area contributed by atoms with E-state index in [1.54, 1.807) is 6.07 Å². The van der Waals surface area contributed by atoms with Crippen LogP contribution in [0.1, 0.15) is 11.5 Å². The van der Waals surface area contributed by atoms with E-state index in [0.717, 1.165) is 5.56 Å². The molecule has 0 radical (unpaired) electrons. The van der Waals surface area contributed by atoms with Crippen LogP contribution in [0, 0.1) is 6.92 Å². The first-order valence-electron chi connectivity index (χ1n) is 5.32. The standard InChI is InChI=1S/C11H10ClN3O3/c1-5-9(11-14-8(3-13)18-15-11)6(12)2-7-10(5)17-4-16-7/h2H,3-4,13H2,1H3. The third kappa shape index (κ3) is 1.61. The molecule has 0 saturated heterocycles. The van der Waals surface area contributed by atoms with Gasteiger partial charge in [-0.3, -0.25) is 0 Å². The van der Waals surface area contributed by atoms with Crippen molar-refractivity contribution in [3.05, 3.63) is 22.5 Å². The van der Waals surface area contributed by atoms with Crippen LogP contribution >= 0.6 is 11.6 Å². The van der Waals surface area contributed by atoms with E-state index in [-0.39, 0.29) is 13.3 Å². The summed E-state index contributed by atoms with van der Waals surface area (Å²) in [5, 5.41) is 4.34. The number of fused-ring (bicyclic) bond motifs is 1. The molecule has 1 aromatic heterocycles. The molecular weight excluding hydrogens is 258 g/mol. The van der Waals surface area contributed by atoms with E-state index >= 15 is 0 Å². The molecule has 2 heterocycles. The second kappa shape index (κ2) is 4.15. The number of nitrogens with two attached hydrogens (primary N) is 1. The van der Waals surface area contributed by atoms with Crippen LogP contribution in [-0.4, -0.2) is 16.9 Å². The predicted molar refractivity (Wildman–Crippen MR) is 63.5 cm³/mol. The third-order valence-electron chi connectivity index (χ3n) is 2.72. The van der Waals surface area contributed by atoms with Crippen LogP contribution in [0.5, 0.6) is 11.5 Å². The first-order valence-corrected chi connectivity index (χ1v) is 5.70. The Hall–Kier alpha value is -1.79. The molecule has 2 N–H and O–H groups in total. The topological polar surface area (TPSA) is 83.4 Å². The van der Waals surface area contributed by atoms with Gasteiger partial charge in [-0.1, -0.05) is 16.8 Å². The van der Waals surface area contributed by atoms with Gasteiger partial charge < -0.3 is 19.7 Å². The van der Waals surface area contributed by atoms with E-state index in [1.165, 1.54) is 0 Å². The highest BCUT2D eigenvalue weighted by Gasteiger charge is 2.24. The molecule has 94 valence electrons. The summed E-state index contributed by atoms with van der Waals surface area (Å²) in [4.78, 5) is 4.16. The van der Waals surface area contributed by atoms with E-state index in [2.05, 4.69) is 10.1 Å². The SMILES string of the molecule is Cc1c2c(cc(Cl)c1-c1noc(CN)n1)OCO2. The van der Waals surface area contributed by atoms with Crippen molar-refractivity contribution in [3.63, 3.8) is 0 Å². The monoisotopic (exact) mass is 267 g/mol. The van der Waals surface area contributed by atoms with Crippen molar-refractivity contribution in [2.24, 2.45) is 5.73 Å². The van der Waals surface area contributed by atoms with Gasteiger partial charge in [0, 0.05) is 17.2 Å². The van der Waals surface area contributed by atoms with Crippen LogP contribution in [0.15, 0.2) is 10.6 Å². The molecule has 0 bridgehead atoms. The minimum absolute atomic E-state index is 0.189. The lowest BCUT2D eigenvalue weighted by atomic mass is 10.1. The average Bonchev–Trinajstić information content (AvgIpc) is 2.97. The predicted octanol–water partition coefficient (Wildman–Crippen LogP) is 1.89. The van der Waals surface area contributed by atoms with E-state index in [1.807, 2.05) is 6.92 Å². The Balaban J connectivity index is 2.17. The van der Waals surface area contributed by atoms with Gasteiger partial charge in [0.2, 0.25) is 18.5 Å². The fourth-order valence-electron chi connectivity index (χ4n) is 1.88. The lowest BCUT2D eigenvalue weighted by molar-refractivity contribution is 0.173. The number of hydrogen-bond donors (Lipinski definition) is 1. The number of nitrogens with zero attached hydrogens (tertiary/aromatic N) is 2. The Bertz CT molecular complexity index is 612. The number of benzene rings is 1. The molecule has 2 aromatic rings. The van der Waals surface area contributed by atoms with Crippen molar-refractivity contribution in [3.8, 4) is 22.9 Å². The van der Waals surface area contributed by atoms with Crippen molar-refractivity contribution < 1.29 is 14.0 Å². The highest BCUT2D eigenvalue weighted by Crippen LogP contribution is 2.44. The zero-order valence-electron chi connectivity index (χ0n) is 9.57. The van der Waals surface area contributed by atoms with Gasteiger partial charge in [0.15, 0.2) is 11.5 Å². The third-order valence-corrected chi connectivity index (χ3v) is 3.02. The molecule has 7 heteroatoms. The summed E-state index contributed by atoms with van der Waals surface area (Å²) in [6, 6.07) is 1.69. The number of aromatic nitrogens is 2. The van der Waals surface area contributed by atoms with Crippen molar-refractivity contribution in [2.45, 2.75) is 13.5 Å². The normalized spacial score (nSPS) is 13.1. The minimum Gasteiger partial charge on any atom is -0.454 e. The van der Waals surface area contributed by atoms with Crippen molar-refractivity contribution >= 4 is 11.6 Å². The van der Waals surface area contributed by atoms with Gasteiger partial charge in [-0.05, 0) is 6.92 Å². The fraction of sp³-hybridized carbons (Fsp3) is 0.273. The van der Waals surface area contributed by atoms with Gasteiger partial charge in [-0.25, -0.2) is 0 Å². The van der Waals surface area contributed by atoms with Crippen molar-refractivity contribution in [2.75, 3.05) is 6.79 Å². The van der Waals surface area contributed by atoms with Gasteiger partial charge in [0.25, 0.3) is 0 Å². The molecule has 0 fully saturated rings. The molecule has 0 unspecified atom stereocenters. The summed E-state index contributed by atoms with van der Waals surface area (Å²) in [6.07, 6.45) is 0. The first-order chi connectivity index (χ1) is 8.70.